The van der Waals surface area contributed by atoms with Crippen molar-refractivity contribution in [3.63, 3.8) is 0 Å². The van der Waals surface area contributed by atoms with E-state index in [1.165, 1.54) is 7.11 Å². The van der Waals surface area contributed by atoms with Crippen LogP contribution in [-0.4, -0.2) is 55.9 Å². The van der Waals surface area contributed by atoms with Gasteiger partial charge in [0.2, 0.25) is 0 Å². The highest BCUT2D eigenvalue weighted by molar-refractivity contribution is 5.70. The Hall–Kier alpha value is -2.16. The zero-order valence-electron chi connectivity index (χ0n) is 15.7. The fraction of sp³-hybridized carbons (Fsp3) is 0.579. The summed E-state index contributed by atoms with van der Waals surface area (Å²) in [6.45, 7) is 3.98. The molecule has 0 spiro atoms. The number of amides is 1. The predicted molar refractivity (Wildman–Crippen MR) is 93.7 cm³/mol. The number of hydrogen-bond acceptors (Lipinski definition) is 7. The number of nitrogens with one attached hydrogen (secondary N) is 1. The Morgan fingerprint density at radius 2 is 1.78 bits per heavy atom. The van der Waals surface area contributed by atoms with Crippen LogP contribution in [0.25, 0.3) is 0 Å². The van der Waals surface area contributed by atoms with Gasteiger partial charge < -0.3 is 29.0 Å². The molecule has 2 heterocycles. The second kappa shape index (κ2) is 8.24. The maximum absolute atomic E-state index is 12.0. The van der Waals surface area contributed by atoms with E-state index in [0.29, 0.717) is 0 Å². The molecule has 0 bridgehead atoms. The lowest BCUT2D eigenvalue weighted by atomic mass is 10.1. The number of fused-ring (bicyclic) bond motifs is 1. The number of carbonyl (C=O) groups is 2. The number of methoxy groups -OCH3 is 1. The van der Waals surface area contributed by atoms with Gasteiger partial charge in [-0.3, -0.25) is 4.79 Å². The second-order valence-electron chi connectivity index (χ2n) is 7.00. The third-order valence-corrected chi connectivity index (χ3v) is 4.50. The minimum absolute atomic E-state index is 0.0616. The predicted octanol–water partition coefficient (Wildman–Crippen LogP) is 1.76. The normalized spacial score (nSPS) is 28.4. The van der Waals surface area contributed by atoms with Crippen molar-refractivity contribution in [2.24, 2.45) is 0 Å². The van der Waals surface area contributed by atoms with Crippen LogP contribution in [0.15, 0.2) is 30.3 Å². The third kappa shape index (κ3) is 4.97. The number of hydrogen-bond donors (Lipinski definition) is 1. The Bertz CT molecular complexity index is 663. The quantitative estimate of drug-likeness (QED) is 0.753. The molecule has 0 radical (unpaired) electrons. The molecule has 8 heteroatoms. The molecule has 1 amide bonds. The Morgan fingerprint density at radius 1 is 1.11 bits per heavy atom. The summed E-state index contributed by atoms with van der Waals surface area (Å²) in [4.78, 5) is 23.6. The lowest BCUT2D eigenvalue weighted by Gasteiger charge is -2.24. The monoisotopic (exact) mass is 379 g/mol. The number of ether oxygens (including phenoxy) is 5. The molecular weight excluding hydrogens is 354 g/mol. The molecule has 2 saturated heterocycles. The summed E-state index contributed by atoms with van der Waals surface area (Å²) >= 11 is 0. The lowest BCUT2D eigenvalue weighted by molar-refractivity contribution is -0.189. The van der Waals surface area contributed by atoms with E-state index in [-0.39, 0.29) is 31.6 Å². The van der Waals surface area contributed by atoms with Crippen LogP contribution >= 0.6 is 0 Å². The highest BCUT2D eigenvalue weighted by Crippen LogP contribution is 2.39. The topological polar surface area (TPSA) is 92.3 Å². The van der Waals surface area contributed by atoms with Crippen LogP contribution in [0.5, 0.6) is 0 Å². The largest absolute Gasteiger partial charge is 0.469 e. The van der Waals surface area contributed by atoms with Crippen LogP contribution in [0, 0.1) is 0 Å². The van der Waals surface area contributed by atoms with E-state index in [2.05, 4.69) is 5.32 Å². The summed E-state index contributed by atoms with van der Waals surface area (Å²) in [5.74, 6) is -1.16. The zero-order valence-corrected chi connectivity index (χ0v) is 15.7. The molecule has 2 aliphatic heterocycles. The number of carbonyl (C=O) groups excluding carboxylic acids is 2. The van der Waals surface area contributed by atoms with Crippen molar-refractivity contribution in [1.29, 1.82) is 0 Å². The summed E-state index contributed by atoms with van der Waals surface area (Å²) in [6.07, 6.45) is -2.21. The van der Waals surface area contributed by atoms with Gasteiger partial charge in [-0.1, -0.05) is 30.3 Å². The molecular formula is C19H25NO7. The van der Waals surface area contributed by atoms with E-state index in [0.717, 1.165) is 5.56 Å². The Morgan fingerprint density at radius 3 is 2.44 bits per heavy atom. The van der Waals surface area contributed by atoms with Crippen molar-refractivity contribution in [1.82, 2.24) is 5.32 Å². The van der Waals surface area contributed by atoms with E-state index in [1.54, 1.807) is 13.8 Å². The van der Waals surface area contributed by atoms with Crippen LogP contribution in [0.3, 0.4) is 0 Å². The Labute approximate surface area is 158 Å². The molecule has 3 unspecified atom stereocenters. The smallest absolute Gasteiger partial charge is 0.407 e. The summed E-state index contributed by atoms with van der Waals surface area (Å²) < 4.78 is 27.6. The molecule has 3 rings (SSSR count). The van der Waals surface area contributed by atoms with E-state index >= 15 is 0 Å². The van der Waals surface area contributed by atoms with Gasteiger partial charge in [-0.25, -0.2) is 4.79 Å². The fourth-order valence-corrected chi connectivity index (χ4v) is 3.31. The molecule has 0 aromatic heterocycles. The molecule has 2 fully saturated rings. The zero-order chi connectivity index (χ0) is 19.4. The van der Waals surface area contributed by atoms with Gasteiger partial charge in [-0.15, -0.1) is 0 Å². The first kappa shape index (κ1) is 19.6. The average Bonchev–Trinajstić information content (AvgIpc) is 3.12. The Kier molecular flexibility index (Phi) is 5.98. The van der Waals surface area contributed by atoms with Gasteiger partial charge in [0.1, 0.15) is 24.9 Å². The van der Waals surface area contributed by atoms with Crippen LogP contribution < -0.4 is 5.32 Å². The summed E-state index contributed by atoms with van der Waals surface area (Å²) in [5.41, 5.74) is 0.900. The number of rotatable bonds is 6. The SMILES string of the molecule is COC(=O)CC1O[C@H](CNC(=O)OCc2ccccc2)C2OC(C)(C)OC12. The van der Waals surface area contributed by atoms with E-state index in [4.69, 9.17) is 23.7 Å². The van der Waals surface area contributed by atoms with Crippen molar-refractivity contribution >= 4 is 12.1 Å². The number of esters is 1. The summed E-state index contributed by atoms with van der Waals surface area (Å²) in [6, 6.07) is 9.41. The van der Waals surface area contributed by atoms with Crippen molar-refractivity contribution < 1.29 is 33.3 Å². The maximum atomic E-state index is 12.0. The molecule has 1 aromatic rings. The molecule has 148 valence electrons. The van der Waals surface area contributed by atoms with Crippen LogP contribution in [-0.2, 0) is 35.1 Å². The van der Waals surface area contributed by atoms with Gasteiger partial charge >= 0.3 is 12.1 Å². The van der Waals surface area contributed by atoms with E-state index in [9.17, 15) is 9.59 Å². The first-order valence-electron chi connectivity index (χ1n) is 8.90. The van der Waals surface area contributed by atoms with Crippen LogP contribution in [0.2, 0.25) is 0 Å². The summed E-state index contributed by atoms with van der Waals surface area (Å²) in [5, 5.41) is 2.68. The van der Waals surface area contributed by atoms with Crippen LogP contribution in [0.4, 0.5) is 4.79 Å². The van der Waals surface area contributed by atoms with E-state index in [1.807, 2.05) is 30.3 Å². The highest BCUT2D eigenvalue weighted by atomic mass is 16.8. The fourth-order valence-electron chi connectivity index (χ4n) is 3.31. The van der Waals surface area contributed by atoms with Crippen molar-refractivity contribution in [2.45, 2.75) is 57.1 Å². The summed E-state index contributed by atoms with van der Waals surface area (Å²) in [7, 11) is 1.33. The van der Waals surface area contributed by atoms with Gasteiger partial charge in [0.05, 0.1) is 19.6 Å². The first-order chi connectivity index (χ1) is 12.9. The van der Waals surface area contributed by atoms with Gasteiger partial charge in [0.25, 0.3) is 0 Å². The maximum Gasteiger partial charge on any atom is 0.407 e. The van der Waals surface area contributed by atoms with Crippen molar-refractivity contribution in [3.05, 3.63) is 35.9 Å². The number of alkyl carbamates (subject to hydrolysis) is 1. The van der Waals surface area contributed by atoms with Gasteiger partial charge in [0.15, 0.2) is 5.79 Å². The molecule has 1 aromatic carbocycles. The van der Waals surface area contributed by atoms with E-state index < -0.39 is 30.2 Å². The molecule has 2 aliphatic rings. The van der Waals surface area contributed by atoms with Crippen molar-refractivity contribution in [2.75, 3.05) is 13.7 Å². The lowest BCUT2D eigenvalue weighted by Crippen LogP contribution is -2.40. The molecule has 1 N–H and O–H groups in total. The van der Waals surface area contributed by atoms with Gasteiger partial charge in [-0.05, 0) is 19.4 Å². The molecule has 27 heavy (non-hydrogen) atoms. The highest BCUT2D eigenvalue weighted by Gasteiger charge is 2.55. The van der Waals surface area contributed by atoms with Crippen LogP contribution in [0.1, 0.15) is 25.8 Å². The first-order valence-corrected chi connectivity index (χ1v) is 8.90. The molecule has 8 nitrogen and oxygen atoms in total. The second-order valence-corrected chi connectivity index (χ2v) is 7.00. The standard InChI is InChI=1S/C19H25NO7/c1-19(2)26-16-13(9-15(21)23-3)25-14(17(16)27-19)10-20-18(22)24-11-12-7-5-4-6-8-12/h4-8,13-14,16-17H,9-11H2,1-3H3,(H,20,22)/t13?,14-,16?,17?/m1/s1. The average molecular weight is 379 g/mol. The van der Waals surface area contributed by atoms with Gasteiger partial charge in [-0.2, -0.15) is 0 Å². The Balaban J connectivity index is 1.52. The van der Waals surface area contributed by atoms with Crippen molar-refractivity contribution in [3.8, 4) is 0 Å². The molecule has 0 saturated carbocycles. The van der Waals surface area contributed by atoms with Gasteiger partial charge in [0, 0.05) is 6.54 Å². The molecule has 0 aliphatic carbocycles. The molecule has 4 atom stereocenters. The minimum Gasteiger partial charge on any atom is -0.469 e. The third-order valence-electron chi connectivity index (χ3n) is 4.50. The number of benzene rings is 1. The minimum atomic E-state index is -0.778.